The predicted molar refractivity (Wildman–Crippen MR) is 122 cm³/mol. The number of rotatable bonds is 5. The van der Waals surface area contributed by atoms with Gasteiger partial charge in [0.25, 0.3) is 0 Å². The normalized spacial score (nSPS) is 25.3. The highest BCUT2D eigenvalue weighted by atomic mass is 79.9. The number of hydrogen-bond donors (Lipinski definition) is 0. The van der Waals surface area contributed by atoms with Gasteiger partial charge in [-0.05, 0) is 25.0 Å². The van der Waals surface area contributed by atoms with Gasteiger partial charge in [0, 0.05) is 15.2 Å². The average molecular weight is 549 g/mol. The van der Waals surface area contributed by atoms with Crippen molar-refractivity contribution >= 4 is 61.1 Å². The Kier molecular flexibility index (Phi) is 6.39. The summed E-state index contributed by atoms with van der Waals surface area (Å²) in [6.45, 7) is -0.430. The van der Waals surface area contributed by atoms with Gasteiger partial charge in [0.15, 0.2) is 12.4 Å². The lowest BCUT2D eigenvalue weighted by molar-refractivity contribution is -0.122. The largest absolute Gasteiger partial charge is 0.454 e. The number of carbonyl (C=O) groups is 4. The summed E-state index contributed by atoms with van der Waals surface area (Å²) in [6.07, 6.45) is 1.08. The van der Waals surface area contributed by atoms with Crippen LogP contribution in [0.4, 0.5) is 5.69 Å². The molecule has 2 aliphatic rings. The number of para-hydroxylation sites is 1. The molecule has 0 unspecified atom stereocenters. The van der Waals surface area contributed by atoms with E-state index in [1.54, 1.807) is 48.5 Å². The molecule has 0 aromatic heterocycles. The lowest BCUT2D eigenvalue weighted by Gasteiger charge is -2.29. The minimum atomic E-state index is -0.757. The minimum Gasteiger partial charge on any atom is -0.454 e. The minimum absolute atomic E-state index is 0.0782. The second-order valence-electron chi connectivity index (χ2n) is 7.61. The van der Waals surface area contributed by atoms with Crippen LogP contribution in [0.2, 0.25) is 0 Å². The number of Topliss-reactive ketones (excluding diaryl/α,β-unsaturated/α-hetero) is 1. The first-order chi connectivity index (χ1) is 14.9. The standard InChI is InChI=1S/C23H19Br2NO5/c24-17-10-15-16(11-18(17)25)22(29)26(21(15)28)19-9-5-4-8-14(19)23(30)31-12-20(27)13-6-2-1-3-7-13/h1-9,15-18H,10-12H2/t15-,16-,17-,18+/m0/s1. The van der Waals surface area contributed by atoms with Gasteiger partial charge in [0.1, 0.15) is 0 Å². The number of ether oxygens (including phenoxy) is 1. The number of imide groups is 1. The molecule has 1 saturated carbocycles. The number of halogens is 2. The van der Waals surface area contributed by atoms with Crippen LogP contribution in [0.5, 0.6) is 0 Å². The van der Waals surface area contributed by atoms with Crippen molar-refractivity contribution in [3.63, 3.8) is 0 Å². The van der Waals surface area contributed by atoms with Crippen molar-refractivity contribution in [3.05, 3.63) is 65.7 Å². The molecule has 0 radical (unpaired) electrons. The fraction of sp³-hybridized carbons (Fsp3) is 0.304. The summed E-state index contributed by atoms with van der Waals surface area (Å²) < 4.78 is 5.22. The van der Waals surface area contributed by atoms with Crippen LogP contribution in [0.25, 0.3) is 0 Å². The van der Waals surface area contributed by atoms with Crippen LogP contribution in [-0.4, -0.2) is 39.8 Å². The first-order valence-corrected chi connectivity index (χ1v) is 11.7. The summed E-state index contributed by atoms with van der Waals surface area (Å²) in [4.78, 5) is 52.5. The Morgan fingerprint density at radius 1 is 0.871 bits per heavy atom. The van der Waals surface area contributed by atoms with E-state index in [9.17, 15) is 19.2 Å². The number of ketones is 1. The van der Waals surface area contributed by atoms with Crippen molar-refractivity contribution in [2.75, 3.05) is 11.5 Å². The molecule has 8 heteroatoms. The second kappa shape index (κ2) is 9.04. The Balaban J connectivity index is 1.55. The van der Waals surface area contributed by atoms with Gasteiger partial charge in [-0.3, -0.25) is 14.4 Å². The Bertz CT molecular complexity index is 1010. The SMILES string of the molecule is O=C(COC(=O)c1ccccc1N1C(=O)[C@H]2C[C@@H](Br)[C@@H](Br)C[C@@H]2C1=O)c1ccccc1. The molecule has 160 valence electrons. The van der Waals surface area contributed by atoms with E-state index in [1.165, 1.54) is 6.07 Å². The average Bonchev–Trinajstić information content (AvgIpc) is 3.02. The zero-order chi connectivity index (χ0) is 22.1. The van der Waals surface area contributed by atoms with Crippen molar-refractivity contribution in [2.45, 2.75) is 22.5 Å². The lowest BCUT2D eigenvalue weighted by Crippen LogP contribution is -2.34. The third-order valence-corrected chi connectivity index (χ3v) is 8.44. The molecule has 4 atom stereocenters. The zero-order valence-electron chi connectivity index (χ0n) is 16.4. The van der Waals surface area contributed by atoms with Gasteiger partial charge >= 0.3 is 5.97 Å². The molecule has 2 aromatic rings. The molecule has 1 heterocycles. The van der Waals surface area contributed by atoms with Gasteiger partial charge in [-0.2, -0.15) is 0 Å². The maximum atomic E-state index is 13.1. The highest BCUT2D eigenvalue weighted by molar-refractivity contribution is 9.12. The van der Waals surface area contributed by atoms with Crippen LogP contribution in [0.3, 0.4) is 0 Å². The van der Waals surface area contributed by atoms with Gasteiger partial charge in [-0.25, -0.2) is 9.69 Å². The number of benzene rings is 2. The van der Waals surface area contributed by atoms with Crippen LogP contribution >= 0.6 is 31.9 Å². The molecule has 6 nitrogen and oxygen atoms in total. The molecule has 0 N–H and O–H groups in total. The Morgan fingerprint density at radius 2 is 1.42 bits per heavy atom. The van der Waals surface area contributed by atoms with E-state index in [4.69, 9.17) is 4.74 Å². The number of hydrogen-bond acceptors (Lipinski definition) is 5. The smallest absolute Gasteiger partial charge is 0.340 e. The first kappa shape index (κ1) is 21.9. The van der Waals surface area contributed by atoms with Crippen LogP contribution in [-0.2, 0) is 14.3 Å². The maximum absolute atomic E-state index is 13.1. The van der Waals surface area contributed by atoms with Crippen molar-refractivity contribution in [3.8, 4) is 0 Å². The van der Waals surface area contributed by atoms with E-state index in [0.717, 1.165) is 4.90 Å². The van der Waals surface area contributed by atoms with Gasteiger partial charge in [-0.15, -0.1) is 0 Å². The fourth-order valence-corrected chi connectivity index (χ4v) is 5.33. The first-order valence-electron chi connectivity index (χ1n) is 9.89. The third kappa shape index (κ3) is 4.23. The summed E-state index contributed by atoms with van der Waals surface area (Å²) >= 11 is 7.14. The molecule has 2 aromatic carbocycles. The Labute approximate surface area is 196 Å². The molecule has 0 spiro atoms. The van der Waals surface area contributed by atoms with E-state index < -0.39 is 24.4 Å². The van der Waals surface area contributed by atoms with Gasteiger partial charge in [0.05, 0.1) is 23.1 Å². The molecule has 2 amide bonds. The molecular weight excluding hydrogens is 530 g/mol. The fourth-order valence-electron chi connectivity index (χ4n) is 4.09. The Morgan fingerprint density at radius 3 is 2.03 bits per heavy atom. The summed E-state index contributed by atoms with van der Waals surface area (Å²) in [7, 11) is 0. The molecule has 1 aliphatic heterocycles. The lowest BCUT2D eigenvalue weighted by atomic mass is 9.81. The topological polar surface area (TPSA) is 80.8 Å². The van der Waals surface area contributed by atoms with E-state index in [2.05, 4.69) is 31.9 Å². The molecule has 31 heavy (non-hydrogen) atoms. The molecular formula is C23H19Br2NO5. The number of nitrogens with zero attached hydrogens (tertiary/aromatic N) is 1. The molecule has 4 rings (SSSR count). The summed E-state index contributed by atoms with van der Waals surface area (Å²) in [5.74, 6) is -2.55. The van der Waals surface area contributed by atoms with Crippen LogP contribution < -0.4 is 4.90 Å². The quantitative estimate of drug-likeness (QED) is 0.243. The monoisotopic (exact) mass is 547 g/mol. The molecule has 1 aliphatic carbocycles. The van der Waals surface area contributed by atoms with Crippen molar-refractivity contribution in [2.24, 2.45) is 11.8 Å². The highest BCUT2D eigenvalue weighted by Gasteiger charge is 2.52. The number of anilines is 1. The summed E-state index contributed by atoms with van der Waals surface area (Å²) in [6, 6.07) is 14.9. The maximum Gasteiger partial charge on any atom is 0.340 e. The summed E-state index contributed by atoms with van der Waals surface area (Å²) in [5, 5.41) is 0. The number of fused-ring (bicyclic) bond motifs is 1. The number of amides is 2. The molecule has 1 saturated heterocycles. The van der Waals surface area contributed by atoms with Gasteiger partial charge in [-0.1, -0.05) is 74.3 Å². The zero-order valence-corrected chi connectivity index (χ0v) is 19.5. The highest BCUT2D eigenvalue weighted by Crippen LogP contribution is 2.44. The van der Waals surface area contributed by atoms with Crippen LogP contribution in [0.1, 0.15) is 33.6 Å². The van der Waals surface area contributed by atoms with E-state index in [0.29, 0.717) is 18.4 Å². The van der Waals surface area contributed by atoms with Crippen molar-refractivity contribution < 1.29 is 23.9 Å². The van der Waals surface area contributed by atoms with E-state index in [-0.39, 0.29) is 38.5 Å². The van der Waals surface area contributed by atoms with Crippen molar-refractivity contribution in [1.29, 1.82) is 0 Å². The van der Waals surface area contributed by atoms with Crippen LogP contribution in [0.15, 0.2) is 54.6 Å². The molecule has 0 bridgehead atoms. The Hall–Kier alpha value is -2.32. The molecule has 2 fully saturated rings. The van der Waals surface area contributed by atoms with Gasteiger partial charge < -0.3 is 4.74 Å². The predicted octanol–water partition coefficient (Wildman–Crippen LogP) is 4.15. The number of esters is 1. The van der Waals surface area contributed by atoms with Crippen LogP contribution in [0, 0.1) is 11.8 Å². The second-order valence-corrected chi connectivity index (χ2v) is 9.96. The third-order valence-electron chi connectivity index (χ3n) is 5.71. The van der Waals surface area contributed by atoms with E-state index >= 15 is 0 Å². The number of carbonyl (C=O) groups excluding carboxylic acids is 4. The van der Waals surface area contributed by atoms with Crippen molar-refractivity contribution in [1.82, 2.24) is 0 Å². The summed E-state index contributed by atoms with van der Waals surface area (Å²) in [5.41, 5.74) is 0.710. The van der Waals surface area contributed by atoms with E-state index in [1.807, 2.05) is 0 Å². The van der Waals surface area contributed by atoms with Gasteiger partial charge in [0.2, 0.25) is 11.8 Å². The number of alkyl halides is 2.